The molecule has 23 heavy (non-hydrogen) atoms. The Morgan fingerprint density at radius 3 is 1.22 bits per heavy atom. The third-order valence-electron chi connectivity index (χ3n) is 4.25. The molecule has 0 aliphatic carbocycles. The Kier molecular flexibility index (Phi) is 5.59. The second-order valence-corrected chi connectivity index (χ2v) is 13.6. The van der Waals surface area contributed by atoms with E-state index >= 15 is 0 Å². The Balaban J connectivity index is 2.49. The highest BCUT2D eigenvalue weighted by Gasteiger charge is 2.51. The molecule has 2 N–H and O–H groups in total. The average molecular weight is 347 g/mol. The van der Waals surface area contributed by atoms with Crippen LogP contribution in [-0.4, -0.2) is 26.7 Å². The molecule has 2 rings (SSSR count). The highest BCUT2D eigenvalue weighted by atomic mass is 28.5. The Bertz CT molecular complexity index is 563. The topological polar surface area (TPSA) is 49.7 Å². The van der Waals surface area contributed by atoms with Gasteiger partial charge in [-0.3, -0.25) is 0 Å². The normalized spacial score (nSPS) is 17.0. The third-order valence-corrected chi connectivity index (χ3v) is 12.2. The van der Waals surface area contributed by atoms with Crippen LogP contribution in [0.3, 0.4) is 0 Å². The van der Waals surface area contributed by atoms with Gasteiger partial charge in [0.2, 0.25) is 0 Å². The van der Waals surface area contributed by atoms with Crippen LogP contribution in [-0.2, 0) is 4.12 Å². The van der Waals surface area contributed by atoms with E-state index in [9.17, 15) is 9.59 Å². The van der Waals surface area contributed by atoms with Gasteiger partial charge in [0, 0.05) is 11.1 Å². The molecule has 0 aromatic heterocycles. The lowest BCUT2D eigenvalue weighted by Gasteiger charge is -2.39. The molecule has 124 valence electrons. The van der Waals surface area contributed by atoms with Crippen molar-refractivity contribution in [1.29, 1.82) is 0 Å². The summed E-state index contributed by atoms with van der Waals surface area (Å²) in [6, 6.07) is 19.0. The molecule has 2 aromatic rings. The fraction of sp³-hybridized carbons (Fsp3) is 0.333. The van der Waals surface area contributed by atoms with Gasteiger partial charge in [-0.15, -0.1) is 0 Å². The van der Waals surface area contributed by atoms with E-state index in [1.165, 1.54) is 0 Å². The Morgan fingerprint density at radius 2 is 0.957 bits per heavy atom. The zero-order valence-electron chi connectivity index (χ0n) is 14.2. The smallest absolute Gasteiger partial charge is 0.363 e. The summed E-state index contributed by atoms with van der Waals surface area (Å²) >= 11 is 0. The van der Waals surface area contributed by atoms with Crippen LogP contribution in [0.1, 0.15) is 27.7 Å². The molecular formula is C18H26O3Si2. The number of benzene rings is 2. The Morgan fingerprint density at radius 1 is 0.652 bits per heavy atom. The van der Waals surface area contributed by atoms with Crippen molar-refractivity contribution in [2.75, 3.05) is 0 Å². The standard InChI is InChI=1S/C18H26O3Si2/c1-15(2)22(19,17-11-7-5-8-12-17)21-23(20,16(3)4)18-13-9-6-10-14-18/h5-16,19-20H,1-4H3. The van der Waals surface area contributed by atoms with Crippen LogP contribution in [0.4, 0.5) is 0 Å². The quantitative estimate of drug-likeness (QED) is 0.790. The third kappa shape index (κ3) is 3.64. The lowest BCUT2D eigenvalue weighted by Crippen LogP contribution is -2.66. The van der Waals surface area contributed by atoms with E-state index in [1.54, 1.807) is 0 Å². The summed E-state index contributed by atoms with van der Waals surface area (Å²) in [5.41, 5.74) is -0.127. The van der Waals surface area contributed by atoms with Crippen molar-refractivity contribution >= 4 is 27.5 Å². The first-order valence-corrected chi connectivity index (χ1v) is 11.9. The zero-order valence-corrected chi connectivity index (χ0v) is 16.2. The number of hydrogen-bond acceptors (Lipinski definition) is 3. The van der Waals surface area contributed by atoms with Gasteiger partial charge >= 0.3 is 17.1 Å². The highest BCUT2D eigenvalue weighted by molar-refractivity contribution is 6.93. The van der Waals surface area contributed by atoms with Gasteiger partial charge in [-0.1, -0.05) is 88.4 Å². The molecule has 0 aliphatic rings. The molecule has 0 fully saturated rings. The van der Waals surface area contributed by atoms with Crippen LogP contribution in [0, 0.1) is 0 Å². The van der Waals surface area contributed by atoms with Gasteiger partial charge in [0.05, 0.1) is 0 Å². The first kappa shape index (κ1) is 18.1. The zero-order chi connectivity index (χ0) is 17.1. The van der Waals surface area contributed by atoms with Crippen LogP contribution < -0.4 is 10.4 Å². The van der Waals surface area contributed by atoms with E-state index in [1.807, 2.05) is 88.4 Å². The lowest BCUT2D eigenvalue weighted by molar-refractivity contribution is 0.304. The maximum Gasteiger partial charge on any atom is 0.363 e. The van der Waals surface area contributed by atoms with Gasteiger partial charge in [0.15, 0.2) is 0 Å². The van der Waals surface area contributed by atoms with E-state index in [0.717, 1.165) is 10.4 Å². The molecule has 0 bridgehead atoms. The van der Waals surface area contributed by atoms with Crippen LogP contribution in [0.5, 0.6) is 0 Å². The fourth-order valence-corrected chi connectivity index (χ4v) is 10.0. The summed E-state index contributed by atoms with van der Waals surface area (Å²) < 4.78 is 6.31. The maximum absolute atomic E-state index is 11.4. The van der Waals surface area contributed by atoms with Crippen molar-refractivity contribution in [2.24, 2.45) is 0 Å². The molecule has 2 aromatic carbocycles. The summed E-state index contributed by atoms with van der Waals surface area (Å²) in [5, 5.41) is 1.61. The summed E-state index contributed by atoms with van der Waals surface area (Å²) in [4.78, 5) is 22.8. The van der Waals surface area contributed by atoms with E-state index in [-0.39, 0.29) is 11.1 Å². The number of rotatable bonds is 6. The average Bonchev–Trinajstić information content (AvgIpc) is 2.56. The van der Waals surface area contributed by atoms with Crippen molar-refractivity contribution in [3.8, 4) is 0 Å². The van der Waals surface area contributed by atoms with Gasteiger partial charge in [-0.25, -0.2) is 0 Å². The molecule has 2 unspecified atom stereocenters. The first-order chi connectivity index (χ1) is 10.8. The lowest BCUT2D eigenvalue weighted by atomic mass is 10.4. The fourth-order valence-electron chi connectivity index (χ4n) is 2.61. The highest BCUT2D eigenvalue weighted by Crippen LogP contribution is 2.28. The van der Waals surface area contributed by atoms with Crippen molar-refractivity contribution in [1.82, 2.24) is 0 Å². The molecule has 0 spiro atoms. The van der Waals surface area contributed by atoms with Crippen molar-refractivity contribution in [2.45, 2.75) is 38.8 Å². The molecule has 3 nitrogen and oxygen atoms in total. The van der Waals surface area contributed by atoms with Gasteiger partial charge < -0.3 is 13.7 Å². The van der Waals surface area contributed by atoms with Gasteiger partial charge in [0.25, 0.3) is 0 Å². The molecule has 5 heteroatoms. The minimum absolute atomic E-state index is 0.0635. The van der Waals surface area contributed by atoms with Crippen molar-refractivity contribution in [3.63, 3.8) is 0 Å². The Hall–Kier alpha value is -1.25. The minimum Gasteiger partial charge on any atom is -0.408 e. The minimum atomic E-state index is -3.27. The summed E-state index contributed by atoms with van der Waals surface area (Å²) in [7, 11) is -6.54. The van der Waals surface area contributed by atoms with Gasteiger partial charge in [-0.2, -0.15) is 0 Å². The molecule has 0 aliphatic heterocycles. The molecule has 0 saturated heterocycles. The van der Waals surface area contributed by atoms with Crippen LogP contribution in [0.15, 0.2) is 60.7 Å². The summed E-state index contributed by atoms with van der Waals surface area (Å²) in [5.74, 6) is 0. The molecule has 0 amide bonds. The maximum atomic E-state index is 11.4. The SMILES string of the molecule is CC(C)[Si](O)(O[Si](O)(c1ccccc1)C(C)C)c1ccccc1. The van der Waals surface area contributed by atoms with Crippen molar-refractivity contribution in [3.05, 3.63) is 60.7 Å². The predicted molar refractivity (Wildman–Crippen MR) is 99.4 cm³/mol. The molecule has 0 radical (unpaired) electrons. The first-order valence-electron chi connectivity index (χ1n) is 8.06. The number of hydrogen-bond donors (Lipinski definition) is 2. The van der Waals surface area contributed by atoms with Crippen molar-refractivity contribution < 1.29 is 13.7 Å². The van der Waals surface area contributed by atoms with E-state index < -0.39 is 17.1 Å². The van der Waals surface area contributed by atoms with E-state index in [0.29, 0.717) is 0 Å². The molecule has 0 saturated carbocycles. The molecular weight excluding hydrogens is 320 g/mol. The van der Waals surface area contributed by atoms with Gasteiger partial charge in [-0.05, 0) is 10.4 Å². The monoisotopic (exact) mass is 346 g/mol. The second-order valence-electron chi connectivity index (χ2n) is 6.54. The second kappa shape index (κ2) is 7.11. The van der Waals surface area contributed by atoms with Gasteiger partial charge in [0.1, 0.15) is 0 Å². The molecule has 2 atom stereocenters. The molecule has 0 heterocycles. The Labute approximate surface area is 141 Å². The predicted octanol–water partition coefficient (Wildman–Crippen LogP) is 2.51. The summed E-state index contributed by atoms with van der Waals surface area (Å²) in [6.07, 6.45) is 0. The summed E-state index contributed by atoms with van der Waals surface area (Å²) in [6.45, 7) is 7.83. The van der Waals surface area contributed by atoms with Crippen LogP contribution in [0.25, 0.3) is 0 Å². The van der Waals surface area contributed by atoms with E-state index in [4.69, 9.17) is 4.12 Å². The van der Waals surface area contributed by atoms with Crippen LogP contribution >= 0.6 is 0 Å². The largest absolute Gasteiger partial charge is 0.408 e. The van der Waals surface area contributed by atoms with E-state index in [2.05, 4.69) is 0 Å². The van der Waals surface area contributed by atoms with Crippen LogP contribution in [0.2, 0.25) is 11.1 Å².